The second kappa shape index (κ2) is 10.6. The molecule has 0 radical (unpaired) electrons. The minimum atomic E-state index is -3.81. The first-order valence-electron chi connectivity index (χ1n) is 11.6. The van der Waals surface area contributed by atoms with Gasteiger partial charge >= 0.3 is 5.97 Å². The number of esters is 1. The van der Waals surface area contributed by atoms with E-state index in [1.54, 1.807) is 36.2 Å². The van der Waals surface area contributed by atoms with Crippen molar-refractivity contribution in [1.29, 1.82) is 0 Å². The predicted molar refractivity (Wildman–Crippen MR) is 148 cm³/mol. The van der Waals surface area contributed by atoms with Crippen molar-refractivity contribution in [2.75, 3.05) is 20.2 Å². The van der Waals surface area contributed by atoms with Crippen molar-refractivity contribution in [2.45, 2.75) is 11.0 Å². The van der Waals surface area contributed by atoms with Gasteiger partial charge in [-0.15, -0.1) is 4.40 Å². The molecule has 0 spiro atoms. The zero-order chi connectivity index (χ0) is 26.9. The third kappa shape index (κ3) is 5.34. The average molecular weight is 569 g/mol. The predicted octanol–water partition coefficient (Wildman–Crippen LogP) is 5.83. The molecule has 10 heteroatoms. The lowest BCUT2D eigenvalue weighted by Crippen LogP contribution is -2.39. The molecule has 0 N–H and O–H groups in total. The van der Waals surface area contributed by atoms with E-state index in [1.165, 1.54) is 18.2 Å². The number of fused-ring (bicyclic) bond motifs is 2. The number of sulfonamides is 1. The van der Waals surface area contributed by atoms with Gasteiger partial charge in [0.2, 0.25) is 0 Å². The van der Waals surface area contributed by atoms with Crippen molar-refractivity contribution in [1.82, 2.24) is 4.90 Å². The van der Waals surface area contributed by atoms with E-state index >= 15 is 0 Å². The van der Waals surface area contributed by atoms with Gasteiger partial charge in [-0.05, 0) is 41.8 Å². The second-order valence-corrected chi connectivity index (χ2v) is 11.1. The number of nitrogens with zero attached hydrogens (tertiary/aromatic N) is 2. The number of carbonyl (C=O) groups excluding carboxylic acids is 1. The quantitative estimate of drug-likeness (QED) is 0.261. The summed E-state index contributed by atoms with van der Waals surface area (Å²) in [6, 6.07) is 24.6. The average Bonchev–Trinajstić information content (AvgIpc) is 3.18. The maximum absolute atomic E-state index is 13.1. The van der Waals surface area contributed by atoms with Crippen LogP contribution in [-0.4, -0.2) is 51.4 Å². The number of ether oxygens (including phenoxy) is 2. The summed E-state index contributed by atoms with van der Waals surface area (Å²) in [6.07, 6.45) is -0.809. The maximum Gasteiger partial charge on any atom is 0.340 e. The minimum absolute atomic E-state index is 0.00300. The molecule has 0 aliphatic carbocycles. The highest BCUT2D eigenvalue weighted by atomic mass is 35.5. The van der Waals surface area contributed by atoms with Crippen LogP contribution in [0.5, 0.6) is 5.75 Å². The van der Waals surface area contributed by atoms with Crippen LogP contribution in [0, 0.1) is 0 Å². The Morgan fingerprint density at radius 2 is 1.71 bits per heavy atom. The van der Waals surface area contributed by atoms with Crippen LogP contribution in [0.2, 0.25) is 10.0 Å². The van der Waals surface area contributed by atoms with Gasteiger partial charge in [0.15, 0.2) is 11.9 Å². The minimum Gasteiger partial charge on any atom is -0.489 e. The topological polar surface area (TPSA) is 85.3 Å². The number of halogens is 2. The highest BCUT2D eigenvalue weighted by Crippen LogP contribution is 2.29. The molecule has 1 atom stereocenters. The summed E-state index contributed by atoms with van der Waals surface area (Å²) in [5.74, 6) is 0.228. The summed E-state index contributed by atoms with van der Waals surface area (Å²) in [6.45, 7) is 0.0986. The van der Waals surface area contributed by atoms with E-state index < -0.39 is 22.1 Å². The summed E-state index contributed by atoms with van der Waals surface area (Å²) < 4.78 is 41.0. The van der Waals surface area contributed by atoms with Crippen LogP contribution < -0.4 is 4.74 Å². The van der Waals surface area contributed by atoms with Crippen LogP contribution in [0.3, 0.4) is 0 Å². The molecular formula is C28H22Cl2N2O5S. The number of rotatable bonds is 7. The number of carbonyl (C=O) groups is 1. The lowest BCUT2D eigenvalue weighted by Gasteiger charge is -2.26. The third-order valence-electron chi connectivity index (χ3n) is 6.05. The molecule has 4 aromatic rings. The molecule has 0 saturated heterocycles. The summed E-state index contributed by atoms with van der Waals surface area (Å²) in [5, 5.41) is 2.46. The van der Waals surface area contributed by atoms with Crippen LogP contribution in [0.1, 0.15) is 15.9 Å². The lowest BCUT2D eigenvalue weighted by molar-refractivity contribution is 0.0132. The highest BCUT2D eigenvalue weighted by molar-refractivity contribution is 7.90. The van der Waals surface area contributed by atoms with Crippen LogP contribution >= 0.6 is 23.2 Å². The van der Waals surface area contributed by atoms with Gasteiger partial charge in [0.1, 0.15) is 17.3 Å². The number of hydrogen-bond donors (Lipinski definition) is 0. The Balaban J connectivity index is 1.41. The lowest BCUT2D eigenvalue weighted by atomic mass is 10.1. The fraction of sp³-hybridized carbons (Fsp3) is 0.143. The first-order chi connectivity index (χ1) is 18.2. The van der Waals surface area contributed by atoms with E-state index in [4.69, 9.17) is 32.7 Å². The molecule has 0 amide bonds. The monoisotopic (exact) mass is 568 g/mol. The molecule has 194 valence electrons. The van der Waals surface area contributed by atoms with Crippen molar-refractivity contribution in [3.63, 3.8) is 0 Å². The molecular weight excluding hydrogens is 547 g/mol. The molecule has 4 aromatic carbocycles. The molecule has 7 nitrogen and oxygen atoms in total. The third-order valence-corrected chi connectivity index (χ3v) is 7.92. The fourth-order valence-electron chi connectivity index (χ4n) is 4.25. The van der Waals surface area contributed by atoms with Crippen molar-refractivity contribution in [3.05, 3.63) is 106 Å². The van der Waals surface area contributed by atoms with E-state index in [9.17, 15) is 13.2 Å². The zero-order valence-corrected chi connectivity index (χ0v) is 22.5. The van der Waals surface area contributed by atoms with E-state index in [0.29, 0.717) is 16.3 Å². The van der Waals surface area contributed by atoms with Crippen LogP contribution in [0.25, 0.3) is 10.8 Å². The largest absolute Gasteiger partial charge is 0.489 e. The summed E-state index contributed by atoms with van der Waals surface area (Å²) in [4.78, 5) is 14.8. The maximum atomic E-state index is 13.1. The molecule has 1 heterocycles. The Bertz CT molecular complexity index is 1670. The normalized spacial score (nSPS) is 14.4. The van der Waals surface area contributed by atoms with Gasteiger partial charge in [0.25, 0.3) is 10.0 Å². The van der Waals surface area contributed by atoms with Gasteiger partial charge < -0.3 is 14.4 Å². The molecule has 38 heavy (non-hydrogen) atoms. The summed E-state index contributed by atoms with van der Waals surface area (Å²) >= 11 is 12.2. The van der Waals surface area contributed by atoms with Crippen LogP contribution in [-0.2, 0) is 14.8 Å². The summed E-state index contributed by atoms with van der Waals surface area (Å²) in [7, 11) is -2.13. The van der Waals surface area contributed by atoms with Gasteiger partial charge in [-0.25, -0.2) is 4.79 Å². The molecule has 5 rings (SSSR count). The molecule has 0 aromatic heterocycles. The van der Waals surface area contributed by atoms with Gasteiger partial charge in [0, 0.05) is 23.0 Å². The number of likely N-dealkylation sites (N-methyl/N-ethyl adjacent to an activating group) is 1. The first-order valence-corrected chi connectivity index (χ1v) is 13.8. The molecule has 0 fully saturated rings. The molecule has 0 bridgehead atoms. The fourth-order valence-corrected chi connectivity index (χ4v) is 5.99. The summed E-state index contributed by atoms with van der Waals surface area (Å²) in [5.41, 5.74) is 0.635. The van der Waals surface area contributed by atoms with Crippen LogP contribution in [0.15, 0.2) is 94.2 Å². The van der Waals surface area contributed by atoms with Crippen molar-refractivity contribution < 1.29 is 22.7 Å². The molecule has 1 aliphatic rings. The Hall–Kier alpha value is -3.59. The van der Waals surface area contributed by atoms with E-state index in [-0.39, 0.29) is 34.5 Å². The van der Waals surface area contributed by atoms with Gasteiger partial charge in [-0.1, -0.05) is 71.7 Å². The van der Waals surface area contributed by atoms with Crippen molar-refractivity contribution in [2.24, 2.45) is 4.40 Å². The van der Waals surface area contributed by atoms with E-state index in [2.05, 4.69) is 4.40 Å². The van der Waals surface area contributed by atoms with Gasteiger partial charge in [-0.2, -0.15) is 8.42 Å². The Labute approximate surface area is 230 Å². The van der Waals surface area contributed by atoms with Crippen molar-refractivity contribution in [3.8, 4) is 5.75 Å². The van der Waals surface area contributed by atoms with Gasteiger partial charge in [0.05, 0.1) is 17.1 Å². The molecule has 0 unspecified atom stereocenters. The highest BCUT2D eigenvalue weighted by Gasteiger charge is 2.32. The zero-order valence-electron chi connectivity index (χ0n) is 20.2. The van der Waals surface area contributed by atoms with E-state index in [0.717, 1.165) is 10.8 Å². The van der Waals surface area contributed by atoms with Crippen molar-refractivity contribution >= 4 is 55.8 Å². The number of benzene rings is 4. The van der Waals surface area contributed by atoms with Crippen LogP contribution in [0.4, 0.5) is 0 Å². The Morgan fingerprint density at radius 3 is 2.53 bits per heavy atom. The first kappa shape index (κ1) is 26.0. The Morgan fingerprint density at radius 1 is 0.974 bits per heavy atom. The van der Waals surface area contributed by atoms with E-state index in [1.807, 2.05) is 42.5 Å². The molecule has 0 saturated carbocycles. The standard InChI is InChI=1S/C28H22Cl2N2O5S/c1-32(27-23-10-4-5-12-26(23)38(34,35)31-27)16-20(37-28(33)22-14-13-19(29)15-24(22)30)17-36-25-11-6-8-18-7-2-3-9-21(18)25/h2-15,20H,16-17H2,1H3/t20-/m0/s1. The Kier molecular flexibility index (Phi) is 7.29. The molecule has 1 aliphatic heterocycles. The SMILES string of the molecule is CN(C[C@@H](COc1cccc2ccccc12)OC(=O)c1ccc(Cl)cc1Cl)C1=NS(=O)(=O)c2ccccc21. The number of amidine groups is 1. The second-order valence-electron chi connectivity index (χ2n) is 8.71. The smallest absolute Gasteiger partial charge is 0.340 e. The van der Waals surface area contributed by atoms with Gasteiger partial charge in [-0.3, -0.25) is 0 Å². The number of hydrogen-bond acceptors (Lipinski definition) is 6.